The van der Waals surface area contributed by atoms with Gasteiger partial charge < -0.3 is 16.0 Å². The number of fused-ring (bicyclic) bond motifs is 1. The van der Waals surface area contributed by atoms with Gasteiger partial charge in [0.2, 0.25) is 5.91 Å². The van der Waals surface area contributed by atoms with E-state index in [0.29, 0.717) is 29.3 Å². The Labute approximate surface area is 190 Å². The molecule has 0 bridgehead atoms. The first-order chi connectivity index (χ1) is 15.6. The van der Waals surface area contributed by atoms with E-state index in [4.69, 9.17) is 0 Å². The van der Waals surface area contributed by atoms with E-state index in [1.165, 1.54) is 12.1 Å². The van der Waals surface area contributed by atoms with Crippen molar-refractivity contribution in [2.24, 2.45) is 0 Å². The van der Waals surface area contributed by atoms with Crippen molar-refractivity contribution in [1.29, 1.82) is 0 Å². The summed E-state index contributed by atoms with van der Waals surface area (Å²) < 4.78 is 13.3. The highest BCUT2D eigenvalue weighted by Crippen LogP contribution is 2.29. The van der Waals surface area contributed by atoms with Crippen molar-refractivity contribution in [3.63, 3.8) is 0 Å². The number of benzene rings is 3. The Morgan fingerprint density at radius 3 is 2.59 bits per heavy atom. The molecular weight excluding hydrogens is 425 g/mol. The van der Waals surface area contributed by atoms with Gasteiger partial charge in [0, 0.05) is 23.6 Å². The highest BCUT2D eigenvalue weighted by Gasteiger charge is 2.26. The Hall–Kier alpha value is -3.32. The number of hydrogen-bond acceptors (Lipinski definition) is 4. The normalized spacial score (nSPS) is 14.8. The summed E-state index contributed by atoms with van der Waals surface area (Å²) in [4.78, 5) is 25.0. The Morgan fingerprint density at radius 1 is 0.969 bits per heavy atom. The molecular formula is C25H24FN3O2S. The van der Waals surface area contributed by atoms with Gasteiger partial charge >= 0.3 is 0 Å². The topological polar surface area (TPSA) is 70.2 Å². The fraction of sp³-hybridized carbons (Fsp3) is 0.200. The van der Waals surface area contributed by atoms with Crippen molar-refractivity contribution in [3.8, 4) is 0 Å². The van der Waals surface area contributed by atoms with Crippen LogP contribution in [0.4, 0.5) is 15.8 Å². The molecule has 0 saturated carbocycles. The lowest BCUT2D eigenvalue weighted by atomic mass is 10.1. The maximum absolute atomic E-state index is 13.3. The molecule has 0 aliphatic carbocycles. The van der Waals surface area contributed by atoms with Crippen LogP contribution in [0.2, 0.25) is 0 Å². The third-order valence-electron chi connectivity index (χ3n) is 5.17. The van der Waals surface area contributed by atoms with Crippen LogP contribution in [-0.4, -0.2) is 30.2 Å². The number of carbonyl (C=O) groups is 2. The van der Waals surface area contributed by atoms with Gasteiger partial charge in [-0.1, -0.05) is 42.5 Å². The van der Waals surface area contributed by atoms with Crippen molar-refractivity contribution >= 4 is 35.0 Å². The molecule has 5 nitrogen and oxygen atoms in total. The molecule has 3 aromatic rings. The largest absolute Gasteiger partial charge is 0.371 e. The first kappa shape index (κ1) is 21.9. The van der Waals surface area contributed by atoms with Crippen LogP contribution in [0.5, 0.6) is 0 Å². The molecule has 1 atom stereocenters. The summed E-state index contributed by atoms with van der Waals surface area (Å²) in [5, 5.41) is 9.05. The highest BCUT2D eigenvalue weighted by molar-refractivity contribution is 7.98. The number of hydrogen-bond donors (Lipinski definition) is 3. The molecule has 2 amide bonds. The van der Waals surface area contributed by atoms with Gasteiger partial charge in [-0.05, 0) is 47.9 Å². The molecule has 4 rings (SSSR count). The second-order valence-electron chi connectivity index (χ2n) is 7.58. The summed E-state index contributed by atoms with van der Waals surface area (Å²) in [7, 11) is 0. The van der Waals surface area contributed by atoms with Gasteiger partial charge in [0.25, 0.3) is 5.91 Å². The van der Waals surface area contributed by atoms with Crippen LogP contribution in [-0.2, 0) is 17.0 Å². The molecule has 0 spiro atoms. The smallest absolute Gasteiger partial charge is 0.251 e. The molecule has 3 N–H and O–H groups in total. The van der Waals surface area contributed by atoms with Crippen molar-refractivity contribution in [2.75, 3.05) is 22.9 Å². The first-order valence-corrected chi connectivity index (χ1v) is 11.6. The summed E-state index contributed by atoms with van der Waals surface area (Å²) in [5.41, 5.74) is 3.92. The number of rotatable bonds is 8. The molecule has 1 heterocycles. The Balaban J connectivity index is 1.30. The minimum absolute atomic E-state index is 0.147. The van der Waals surface area contributed by atoms with Crippen LogP contribution in [0.1, 0.15) is 21.5 Å². The van der Waals surface area contributed by atoms with Crippen molar-refractivity contribution < 1.29 is 14.0 Å². The molecule has 0 aromatic heterocycles. The highest BCUT2D eigenvalue weighted by atomic mass is 32.2. The molecule has 7 heteroatoms. The van der Waals surface area contributed by atoms with E-state index in [2.05, 4.69) is 16.0 Å². The predicted molar refractivity (Wildman–Crippen MR) is 128 cm³/mol. The Bertz CT molecular complexity index is 1110. The zero-order valence-corrected chi connectivity index (χ0v) is 18.3. The summed E-state index contributed by atoms with van der Waals surface area (Å²) in [5.74, 6) is 0.587. The summed E-state index contributed by atoms with van der Waals surface area (Å²) in [6, 6.07) is 21.3. The third kappa shape index (κ3) is 5.68. The number of nitrogens with one attached hydrogen (secondary N) is 3. The van der Waals surface area contributed by atoms with Crippen molar-refractivity contribution in [3.05, 3.63) is 95.3 Å². The number of thioether (sulfide) groups is 1. The van der Waals surface area contributed by atoms with E-state index in [1.54, 1.807) is 30.0 Å². The predicted octanol–water partition coefficient (Wildman–Crippen LogP) is 4.46. The second-order valence-corrected chi connectivity index (χ2v) is 8.61. The molecule has 0 radical (unpaired) electrons. The number of anilines is 2. The quantitative estimate of drug-likeness (QED) is 0.475. The Kier molecular flexibility index (Phi) is 7.07. The Morgan fingerprint density at radius 2 is 1.78 bits per heavy atom. The molecule has 3 aromatic carbocycles. The van der Waals surface area contributed by atoms with Gasteiger partial charge in [0.1, 0.15) is 11.9 Å². The third-order valence-corrected chi connectivity index (χ3v) is 6.28. The van der Waals surface area contributed by atoms with E-state index < -0.39 is 6.04 Å². The molecule has 164 valence electrons. The van der Waals surface area contributed by atoms with Gasteiger partial charge in [-0.15, -0.1) is 0 Å². The zero-order valence-electron chi connectivity index (χ0n) is 17.4. The standard InChI is InChI=1S/C25H24FN3O2S/c26-20-8-4-7-18(13-20)15-32-16-23-25(31)29-22-14-19(9-10-21(22)28-23)24(30)27-12-11-17-5-2-1-3-6-17/h1-10,13-14,23,28H,11-12,15-16H2,(H,27,30)(H,29,31). The average Bonchev–Trinajstić information content (AvgIpc) is 2.80. The van der Waals surface area contributed by atoms with E-state index in [1.807, 2.05) is 42.5 Å². The fourth-order valence-electron chi connectivity index (χ4n) is 3.49. The minimum Gasteiger partial charge on any atom is -0.371 e. The first-order valence-electron chi connectivity index (χ1n) is 10.4. The monoisotopic (exact) mass is 449 g/mol. The number of halogens is 1. The van der Waals surface area contributed by atoms with Gasteiger partial charge in [-0.3, -0.25) is 9.59 Å². The van der Waals surface area contributed by atoms with Gasteiger partial charge in [0.15, 0.2) is 0 Å². The minimum atomic E-state index is -0.397. The molecule has 32 heavy (non-hydrogen) atoms. The van der Waals surface area contributed by atoms with Crippen molar-refractivity contribution in [2.45, 2.75) is 18.2 Å². The van der Waals surface area contributed by atoms with Crippen LogP contribution >= 0.6 is 11.8 Å². The summed E-state index contributed by atoms with van der Waals surface area (Å²) in [6.07, 6.45) is 0.755. The molecule has 1 aliphatic heterocycles. The van der Waals surface area contributed by atoms with Gasteiger partial charge in [-0.25, -0.2) is 4.39 Å². The van der Waals surface area contributed by atoms with Crippen LogP contribution in [0.15, 0.2) is 72.8 Å². The van der Waals surface area contributed by atoms with Gasteiger partial charge in [0.05, 0.1) is 11.4 Å². The van der Waals surface area contributed by atoms with Crippen LogP contribution < -0.4 is 16.0 Å². The van der Waals surface area contributed by atoms with Gasteiger partial charge in [-0.2, -0.15) is 11.8 Å². The lowest BCUT2D eigenvalue weighted by Gasteiger charge is -2.27. The maximum atomic E-state index is 13.3. The lowest BCUT2D eigenvalue weighted by molar-refractivity contribution is -0.116. The lowest BCUT2D eigenvalue weighted by Crippen LogP contribution is -2.40. The molecule has 0 saturated heterocycles. The molecule has 1 unspecified atom stereocenters. The average molecular weight is 450 g/mol. The molecule has 0 fully saturated rings. The SMILES string of the molecule is O=C(NCCc1ccccc1)c1ccc2c(c1)NC(=O)C(CSCc1cccc(F)c1)N2. The molecule has 1 aliphatic rings. The van der Waals surface area contributed by atoms with E-state index in [-0.39, 0.29) is 17.6 Å². The van der Waals surface area contributed by atoms with E-state index >= 15 is 0 Å². The van der Waals surface area contributed by atoms with Crippen LogP contribution in [0.25, 0.3) is 0 Å². The fourth-order valence-corrected chi connectivity index (χ4v) is 4.50. The second kappa shape index (κ2) is 10.3. The van der Waals surface area contributed by atoms with Crippen molar-refractivity contribution in [1.82, 2.24) is 5.32 Å². The zero-order chi connectivity index (χ0) is 22.3. The summed E-state index contributed by atoms with van der Waals surface area (Å²) in [6.45, 7) is 0.537. The number of carbonyl (C=O) groups excluding carboxylic acids is 2. The van der Waals surface area contributed by atoms with Crippen LogP contribution in [0, 0.1) is 5.82 Å². The summed E-state index contributed by atoms with van der Waals surface area (Å²) >= 11 is 1.56. The van der Waals surface area contributed by atoms with Crippen LogP contribution in [0.3, 0.4) is 0 Å². The van der Waals surface area contributed by atoms with E-state index in [0.717, 1.165) is 23.2 Å². The maximum Gasteiger partial charge on any atom is 0.251 e. The van der Waals surface area contributed by atoms with E-state index in [9.17, 15) is 14.0 Å². The number of amides is 2.